The fraction of sp³-hybridized carbons (Fsp3) is 0.0769. The van der Waals surface area contributed by atoms with Crippen LogP contribution < -0.4 is 16.6 Å². The molecule has 176 valence electrons. The molecule has 1 atom stereocenters. The summed E-state index contributed by atoms with van der Waals surface area (Å²) in [6, 6.07) is 20.8. The van der Waals surface area contributed by atoms with Crippen molar-refractivity contribution in [1.82, 2.24) is 24.5 Å². The lowest BCUT2D eigenvalue weighted by Gasteiger charge is -2.21. The summed E-state index contributed by atoms with van der Waals surface area (Å²) < 4.78 is 1.52. The largest absolute Gasteiger partial charge is 0.493 e. The minimum Gasteiger partial charge on any atom is -0.493 e. The quantitative estimate of drug-likeness (QED) is 0.345. The van der Waals surface area contributed by atoms with Gasteiger partial charge in [-0.3, -0.25) is 9.36 Å². The van der Waals surface area contributed by atoms with Crippen LogP contribution in [0.15, 0.2) is 77.7 Å². The number of nitrogen functional groups attached to an aromatic ring is 1. The van der Waals surface area contributed by atoms with Crippen LogP contribution in [0.1, 0.15) is 24.4 Å². The standard InChI is InChI=1S/C26H20N8O2/c1-15(30-23-16(13-27)14-29-26(28)33-23)24-32-20-11-5-9-18(19-10-6-12-21(35)31-19)22(20)25(36)34(24)17-7-3-2-4-8-17/h2-12,14-15H,1H3,(H,31,35)(H3,28,29,30,33). The number of nitrogens with two attached hydrogens (primary N) is 1. The number of nitriles is 1. The summed E-state index contributed by atoms with van der Waals surface area (Å²) >= 11 is 0. The summed E-state index contributed by atoms with van der Waals surface area (Å²) in [6.45, 7) is 1.81. The maximum absolute atomic E-state index is 14.1. The van der Waals surface area contributed by atoms with E-state index in [1.54, 1.807) is 30.3 Å². The van der Waals surface area contributed by atoms with E-state index < -0.39 is 6.04 Å². The number of pyridine rings is 1. The third-order valence-corrected chi connectivity index (χ3v) is 5.62. The first kappa shape index (κ1) is 22.5. The average Bonchev–Trinajstić information content (AvgIpc) is 2.89. The van der Waals surface area contributed by atoms with Crippen LogP contribution in [-0.4, -0.2) is 29.6 Å². The lowest BCUT2D eigenvalue weighted by molar-refractivity contribution is 0.454. The summed E-state index contributed by atoms with van der Waals surface area (Å²) in [6.07, 6.45) is 1.34. The molecule has 5 aromatic rings. The molecule has 0 spiro atoms. The lowest BCUT2D eigenvalue weighted by Crippen LogP contribution is -2.28. The van der Waals surface area contributed by atoms with E-state index in [1.165, 1.54) is 16.8 Å². The number of rotatable bonds is 5. The van der Waals surface area contributed by atoms with Gasteiger partial charge in [-0.15, -0.1) is 0 Å². The Labute approximate surface area is 205 Å². The Balaban J connectivity index is 1.75. The highest BCUT2D eigenvalue weighted by molar-refractivity contribution is 5.93. The van der Waals surface area contributed by atoms with Gasteiger partial charge in [0.1, 0.15) is 23.3 Å². The highest BCUT2D eigenvalue weighted by Crippen LogP contribution is 2.28. The maximum atomic E-state index is 14.1. The van der Waals surface area contributed by atoms with Gasteiger partial charge in [0.2, 0.25) is 11.8 Å². The van der Waals surface area contributed by atoms with Gasteiger partial charge < -0.3 is 16.2 Å². The van der Waals surface area contributed by atoms with Crippen molar-refractivity contribution in [2.45, 2.75) is 13.0 Å². The Bertz CT molecular complexity index is 1690. The van der Waals surface area contributed by atoms with Gasteiger partial charge in [0.25, 0.3) is 5.56 Å². The molecule has 5 rings (SSSR count). The number of nitrogens with zero attached hydrogens (tertiary/aromatic N) is 6. The topological polar surface area (TPSA) is 156 Å². The molecule has 4 N–H and O–H groups in total. The maximum Gasteiger partial charge on any atom is 0.266 e. The normalized spacial score (nSPS) is 11.7. The van der Waals surface area contributed by atoms with Crippen molar-refractivity contribution in [3.8, 4) is 28.9 Å². The molecule has 10 nitrogen and oxygen atoms in total. The second kappa shape index (κ2) is 9.15. The van der Waals surface area contributed by atoms with Gasteiger partial charge in [-0.05, 0) is 31.2 Å². The molecule has 0 bridgehead atoms. The summed E-state index contributed by atoms with van der Waals surface area (Å²) in [5, 5.41) is 22.9. The Morgan fingerprint density at radius 2 is 1.81 bits per heavy atom. The highest BCUT2D eigenvalue weighted by Gasteiger charge is 2.21. The molecule has 0 saturated carbocycles. The summed E-state index contributed by atoms with van der Waals surface area (Å²) in [7, 11) is 0. The molecule has 0 amide bonds. The number of benzene rings is 2. The van der Waals surface area contributed by atoms with Crippen LogP contribution in [0.5, 0.6) is 5.88 Å². The first-order valence-electron chi connectivity index (χ1n) is 11.0. The van der Waals surface area contributed by atoms with Crippen LogP contribution in [0.2, 0.25) is 0 Å². The van der Waals surface area contributed by atoms with Crippen molar-refractivity contribution in [3.05, 3.63) is 94.7 Å². The van der Waals surface area contributed by atoms with Crippen molar-refractivity contribution < 1.29 is 5.11 Å². The van der Waals surface area contributed by atoms with E-state index in [2.05, 4.69) is 20.3 Å². The molecule has 3 heterocycles. The molecule has 0 radical (unpaired) electrons. The van der Waals surface area contributed by atoms with Crippen LogP contribution in [0.3, 0.4) is 0 Å². The molecule has 2 aromatic carbocycles. The Morgan fingerprint density at radius 1 is 1.03 bits per heavy atom. The summed E-state index contributed by atoms with van der Waals surface area (Å²) in [5.74, 6) is 0.511. The van der Waals surface area contributed by atoms with E-state index in [1.807, 2.05) is 43.3 Å². The monoisotopic (exact) mass is 476 g/mol. The van der Waals surface area contributed by atoms with Gasteiger partial charge in [-0.2, -0.15) is 10.2 Å². The van der Waals surface area contributed by atoms with Gasteiger partial charge in [0, 0.05) is 11.6 Å². The Kier molecular flexibility index (Phi) is 5.72. The molecule has 0 saturated heterocycles. The molecule has 0 aliphatic heterocycles. The number of aromatic nitrogens is 5. The van der Waals surface area contributed by atoms with E-state index in [0.29, 0.717) is 33.7 Å². The number of para-hydroxylation sites is 1. The van der Waals surface area contributed by atoms with Crippen molar-refractivity contribution >= 4 is 22.7 Å². The fourth-order valence-electron chi connectivity index (χ4n) is 4.01. The molecule has 0 aliphatic rings. The van der Waals surface area contributed by atoms with E-state index in [-0.39, 0.29) is 28.8 Å². The Hall–Kier alpha value is -5.30. The van der Waals surface area contributed by atoms with E-state index >= 15 is 0 Å². The number of hydrogen-bond donors (Lipinski definition) is 3. The summed E-state index contributed by atoms with van der Waals surface area (Å²) in [4.78, 5) is 31.1. The van der Waals surface area contributed by atoms with E-state index in [0.717, 1.165) is 0 Å². The average molecular weight is 477 g/mol. The lowest BCUT2D eigenvalue weighted by atomic mass is 10.0. The first-order valence-corrected chi connectivity index (χ1v) is 11.0. The number of hydrogen-bond acceptors (Lipinski definition) is 9. The van der Waals surface area contributed by atoms with Crippen LogP contribution in [0, 0.1) is 11.3 Å². The molecule has 36 heavy (non-hydrogen) atoms. The Morgan fingerprint density at radius 3 is 2.56 bits per heavy atom. The predicted molar refractivity (Wildman–Crippen MR) is 135 cm³/mol. The molecule has 0 fully saturated rings. The number of anilines is 2. The van der Waals surface area contributed by atoms with E-state index in [9.17, 15) is 15.2 Å². The van der Waals surface area contributed by atoms with Gasteiger partial charge in [0.05, 0.1) is 34.5 Å². The first-order chi connectivity index (χ1) is 17.5. The van der Waals surface area contributed by atoms with Crippen LogP contribution in [0.4, 0.5) is 11.8 Å². The van der Waals surface area contributed by atoms with Crippen molar-refractivity contribution in [1.29, 1.82) is 5.26 Å². The zero-order chi connectivity index (χ0) is 25.2. The number of aromatic hydroxyl groups is 1. The molecule has 0 aliphatic carbocycles. The minimum atomic E-state index is -0.550. The zero-order valence-electron chi connectivity index (χ0n) is 19.1. The minimum absolute atomic E-state index is 0.0128. The smallest absolute Gasteiger partial charge is 0.266 e. The van der Waals surface area contributed by atoms with Crippen LogP contribution >= 0.6 is 0 Å². The van der Waals surface area contributed by atoms with Gasteiger partial charge in [0.15, 0.2) is 0 Å². The second-order valence-corrected chi connectivity index (χ2v) is 8.00. The molecule has 1 unspecified atom stereocenters. The number of nitrogens with one attached hydrogen (secondary N) is 1. The third kappa shape index (κ3) is 4.05. The molecule has 3 aromatic heterocycles. The van der Waals surface area contributed by atoms with Gasteiger partial charge >= 0.3 is 0 Å². The van der Waals surface area contributed by atoms with E-state index in [4.69, 9.17) is 10.7 Å². The van der Waals surface area contributed by atoms with Gasteiger partial charge in [-0.25, -0.2) is 15.0 Å². The van der Waals surface area contributed by atoms with Gasteiger partial charge in [-0.1, -0.05) is 36.4 Å². The second-order valence-electron chi connectivity index (χ2n) is 8.00. The van der Waals surface area contributed by atoms with Crippen LogP contribution in [-0.2, 0) is 0 Å². The third-order valence-electron chi connectivity index (χ3n) is 5.62. The molecular formula is C26H20N8O2. The highest BCUT2D eigenvalue weighted by atomic mass is 16.3. The van der Waals surface area contributed by atoms with Crippen LogP contribution in [0.25, 0.3) is 27.8 Å². The molecular weight excluding hydrogens is 456 g/mol. The van der Waals surface area contributed by atoms with Crippen molar-refractivity contribution in [3.63, 3.8) is 0 Å². The molecule has 10 heteroatoms. The van der Waals surface area contributed by atoms with Crippen molar-refractivity contribution in [2.75, 3.05) is 11.1 Å². The number of fused-ring (bicyclic) bond motifs is 1. The fourth-order valence-corrected chi connectivity index (χ4v) is 4.01. The summed E-state index contributed by atoms with van der Waals surface area (Å²) in [5.41, 5.74) is 7.71. The predicted octanol–water partition coefficient (Wildman–Crippen LogP) is 3.57. The van der Waals surface area contributed by atoms with Crippen molar-refractivity contribution in [2.24, 2.45) is 0 Å². The SMILES string of the molecule is CC(Nc1nc(N)ncc1C#N)c1nc2cccc(-c3cccc(O)n3)c2c(=O)n1-c1ccccc1. The zero-order valence-corrected chi connectivity index (χ0v) is 19.1.